The highest BCUT2D eigenvalue weighted by Crippen LogP contribution is 2.20. The van der Waals surface area contributed by atoms with Gasteiger partial charge in [-0.15, -0.1) is 0 Å². The fourth-order valence-electron chi connectivity index (χ4n) is 4.34. The Morgan fingerprint density at radius 1 is 0.548 bits per heavy atom. The van der Waals surface area contributed by atoms with Gasteiger partial charge >= 0.3 is 0 Å². The Labute approximate surface area is 190 Å². The van der Waals surface area contributed by atoms with Gasteiger partial charge < -0.3 is 0 Å². The molecule has 31 heavy (non-hydrogen) atoms. The molecule has 0 N–H and O–H groups in total. The van der Waals surface area contributed by atoms with Crippen LogP contribution in [0.25, 0.3) is 0 Å². The van der Waals surface area contributed by atoms with Gasteiger partial charge in [0, 0.05) is 12.2 Å². The monoisotopic (exact) mass is 425 g/mol. The predicted octanol–water partition coefficient (Wildman–Crippen LogP) is 7.92. The molecule has 0 fully saturated rings. The molecule has 172 valence electrons. The first-order valence-electron chi connectivity index (χ1n) is 12.9. The van der Waals surface area contributed by atoms with Crippen molar-refractivity contribution in [2.24, 2.45) is 0 Å². The van der Waals surface area contributed by atoms with Crippen molar-refractivity contribution in [3.8, 4) is 0 Å². The largest absolute Gasteiger partial charge is 0.269 e. The first kappa shape index (κ1) is 25.4. The third kappa shape index (κ3) is 10.3. The Kier molecular flexibility index (Phi) is 13.0. The van der Waals surface area contributed by atoms with Crippen molar-refractivity contribution >= 4 is 17.5 Å². The number of nitrogens with zero attached hydrogens (tertiary/aromatic N) is 1. The van der Waals surface area contributed by atoms with Crippen LogP contribution in [0.2, 0.25) is 0 Å². The highest BCUT2D eigenvalue weighted by atomic mass is 16.2. The van der Waals surface area contributed by atoms with Gasteiger partial charge in [-0.05, 0) is 30.5 Å². The van der Waals surface area contributed by atoms with Gasteiger partial charge in [-0.2, -0.15) is 0 Å². The normalized spacial score (nSPS) is 13.5. The number of amides is 2. The molecule has 0 aromatic heterocycles. The molecule has 1 aromatic rings. The molecule has 0 aliphatic carbocycles. The molecule has 0 radical (unpaired) electrons. The lowest BCUT2D eigenvalue weighted by Crippen LogP contribution is -2.29. The molecular formula is C28H43NO2. The van der Waals surface area contributed by atoms with Gasteiger partial charge in [0.25, 0.3) is 11.8 Å². The van der Waals surface area contributed by atoms with E-state index in [4.69, 9.17) is 0 Å². The maximum Gasteiger partial charge on any atom is 0.258 e. The summed E-state index contributed by atoms with van der Waals surface area (Å²) in [4.78, 5) is 24.7. The van der Waals surface area contributed by atoms with Crippen LogP contribution < -0.4 is 4.90 Å². The van der Waals surface area contributed by atoms with Gasteiger partial charge in [0.15, 0.2) is 0 Å². The lowest BCUT2D eigenvalue weighted by molar-refractivity contribution is -0.119. The number of hydrogen-bond donors (Lipinski definition) is 0. The van der Waals surface area contributed by atoms with E-state index in [2.05, 4.69) is 6.92 Å². The Morgan fingerprint density at radius 3 is 1.35 bits per heavy atom. The molecule has 1 aliphatic rings. The molecule has 1 aliphatic heterocycles. The Hall–Kier alpha value is -1.90. The van der Waals surface area contributed by atoms with Crippen molar-refractivity contribution in [3.05, 3.63) is 42.0 Å². The molecule has 2 amide bonds. The average Bonchev–Trinajstić information content (AvgIpc) is 3.12. The van der Waals surface area contributed by atoms with Gasteiger partial charge in [0.1, 0.15) is 0 Å². The number of unbranched alkanes of at least 4 members (excludes halogenated alkanes) is 15. The van der Waals surface area contributed by atoms with Gasteiger partial charge in [0.2, 0.25) is 0 Å². The highest BCUT2D eigenvalue weighted by Gasteiger charge is 2.24. The summed E-state index contributed by atoms with van der Waals surface area (Å²) in [6.07, 6.45) is 25.9. The highest BCUT2D eigenvalue weighted by molar-refractivity contribution is 6.28. The molecule has 0 unspecified atom stereocenters. The molecule has 1 aromatic carbocycles. The summed E-state index contributed by atoms with van der Waals surface area (Å²) >= 11 is 0. The van der Waals surface area contributed by atoms with E-state index >= 15 is 0 Å². The molecule has 3 heteroatoms. The summed E-state index contributed by atoms with van der Waals surface area (Å²) in [7, 11) is 0. The van der Waals surface area contributed by atoms with Crippen LogP contribution in [0.4, 0.5) is 5.69 Å². The zero-order chi connectivity index (χ0) is 22.2. The van der Waals surface area contributed by atoms with Crippen molar-refractivity contribution in [3.63, 3.8) is 0 Å². The van der Waals surface area contributed by atoms with E-state index in [1.165, 1.54) is 125 Å². The van der Waals surface area contributed by atoms with Gasteiger partial charge in [-0.3, -0.25) is 9.59 Å². The van der Waals surface area contributed by atoms with E-state index < -0.39 is 0 Å². The molecule has 0 spiro atoms. The second kappa shape index (κ2) is 15.8. The Bertz CT molecular complexity index is 644. The number of carbonyl (C=O) groups is 2. The van der Waals surface area contributed by atoms with Gasteiger partial charge in [-0.25, -0.2) is 4.90 Å². The summed E-state index contributed by atoms with van der Waals surface area (Å²) in [6.45, 7) is 2.28. The summed E-state index contributed by atoms with van der Waals surface area (Å²) in [5, 5.41) is 0. The second-order valence-corrected chi connectivity index (χ2v) is 9.06. The molecule has 0 saturated heterocycles. The number of hydrogen-bond acceptors (Lipinski definition) is 2. The number of aryl methyl sites for hydroxylation is 1. The van der Waals surface area contributed by atoms with Crippen molar-refractivity contribution < 1.29 is 9.59 Å². The maximum absolute atomic E-state index is 11.7. The minimum Gasteiger partial charge on any atom is -0.269 e. The van der Waals surface area contributed by atoms with Crippen molar-refractivity contribution in [1.29, 1.82) is 0 Å². The van der Waals surface area contributed by atoms with Gasteiger partial charge in [-0.1, -0.05) is 115 Å². The lowest BCUT2D eigenvalue weighted by Gasteiger charge is -2.14. The number of imide groups is 1. The van der Waals surface area contributed by atoms with E-state index in [1.807, 2.05) is 24.3 Å². The minimum absolute atomic E-state index is 0.254. The quantitative estimate of drug-likeness (QED) is 0.177. The van der Waals surface area contributed by atoms with Crippen LogP contribution in [-0.4, -0.2) is 11.8 Å². The van der Waals surface area contributed by atoms with Crippen LogP contribution in [0.15, 0.2) is 36.4 Å². The van der Waals surface area contributed by atoms with E-state index in [0.717, 1.165) is 6.42 Å². The van der Waals surface area contributed by atoms with Crippen molar-refractivity contribution in [2.45, 2.75) is 116 Å². The molecular weight excluding hydrogens is 382 g/mol. The molecule has 1 heterocycles. The molecule has 0 saturated carbocycles. The number of rotatable bonds is 18. The van der Waals surface area contributed by atoms with Crippen LogP contribution >= 0.6 is 0 Å². The van der Waals surface area contributed by atoms with E-state index in [0.29, 0.717) is 5.69 Å². The number of benzene rings is 1. The predicted molar refractivity (Wildman–Crippen MR) is 131 cm³/mol. The Balaban J connectivity index is 1.39. The fraction of sp³-hybridized carbons (Fsp3) is 0.643. The zero-order valence-corrected chi connectivity index (χ0v) is 19.7. The van der Waals surface area contributed by atoms with Crippen LogP contribution in [0, 0.1) is 0 Å². The van der Waals surface area contributed by atoms with Crippen LogP contribution in [-0.2, 0) is 16.0 Å². The maximum atomic E-state index is 11.7. The smallest absolute Gasteiger partial charge is 0.258 e. The molecule has 0 atom stereocenters. The topological polar surface area (TPSA) is 37.4 Å². The van der Waals surface area contributed by atoms with Crippen molar-refractivity contribution in [1.82, 2.24) is 0 Å². The molecule has 2 rings (SSSR count). The van der Waals surface area contributed by atoms with E-state index in [1.54, 1.807) is 0 Å². The van der Waals surface area contributed by atoms with Gasteiger partial charge in [0.05, 0.1) is 5.69 Å². The SMILES string of the molecule is CCCCCCCCCCCCCCCCCCc1ccc(N2C(=O)C=CC2=O)cc1. The third-order valence-corrected chi connectivity index (χ3v) is 6.32. The summed E-state index contributed by atoms with van der Waals surface area (Å²) in [5.74, 6) is -0.508. The second-order valence-electron chi connectivity index (χ2n) is 9.06. The molecule has 0 bridgehead atoms. The van der Waals surface area contributed by atoms with E-state index in [-0.39, 0.29) is 11.8 Å². The standard InChI is InChI=1S/C28H43NO2/c1-2-3-4-5-6-7-8-9-10-11-12-13-14-15-16-17-18-25-19-21-26(22-20-25)29-27(30)23-24-28(29)31/h19-24H,2-18H2,1H3. The summed E-state index contributed by atoms with van der Waals surface area (Å²) < 4.78 is 0. The fourth-order valence-corrected chi connectivity index (χ4v) is 4.34. The Morgan fingerprint density at radius 2 is 0.935 bits per heavy atom. The third-order valence-electron chi connectivity index (χ3n) is 6.32. The first-order chi connectivity index (χ1) is 15.2. The number of anilines is 1. The van der Waals surface area contributed by atoms with Crippen LogP contribution in [0.1, 0.15) is 115 Å². The first-order valence-corrected chi connectivity index (χ1v) is 12.9. The van der Waals surface area contributed by atoms with E-state index in [9.17, 15) is 9.59 Å². The van der Waals surface area contributed by atoms with Crippen LogP contribution in [0.3, 0.4) is 0 Å². The zero-order valence-electron chi connectivity index (χ0n) is 19.7. The molecule has 3 nitrogen and oxygen atoms in total. The average molecular weight is 426 g/mol. The lowest BCUT2D eigenvalue weighted by atomic mass is 10.0. The number of carbonyl (C=O) groups excluding carboxylic acids is 2. The summed E-state index contributed by atoms with van der Waals surface area (Å²) in [6, 6.07) is 7.84. The summed E-state index contributed by atoms with van der Waals surface area (Å²) in [5.41, 5.74) is 1.94. The van der Waals surface area contributed by atoms with Crippen molar-refractivity contribution in [2.75, 3.05) is 4.90 Å². The van der Waals surface area contributed by atoms with Crippen LogP contribution in [0.5, 0.6) is 0 Å². The minimum atomic E-state index is -0.254.